The summed E-state index contributed by atoms with van der Waals surface area (Å²) in [5.74, 6) is -0.578. The van der Waals surface area contributed by atoms with Gasteiger partial charge in [-0.25, -0.2) is 4.79 Å². The molecule has 7 nitrogen and oxygen atoms in total. The Kier molecular flexibility index (Phi) is 6.88. The fourth-order valence-electron chi connectivity index (χ4n) is 1.62. The van der Waals surface area contributed by atoms with E-state index in [1.165, 1.54) is 7.05 Å². The summed E-state index contributed by atoms with van der Waals surface area (Å²) in [5.41, 5.74) is 1.33. The molecule has 0 bridgehead atoms. The molecule has 7 heteroatoms. The number of hydrogen-bond acceptors (Lipinski definition) is 3. The first-order chi connectivity index (χ1) is 10.4. The van der Waals surface area contributed by atoms with Gasteiger partial charge in [-0.2, -0.15) is 0 Å². The van der Waals surface area contributed by atoms with E-state index in [4.69, 9.17) is 0 Å². The van der Waals surface area contributed by atoms with Crippen molar-refractivity contribution in [3.63, 3.8) is 0 Å². The summed E-state index contributed by atoms with van der Waals surface area (Å²) in [5, 5.41) is 10.4. The van der Waals surface area contributed by atoms with E-state index in [9.17, 15) is 14.4 Å². The number of urea groups is 1. The minimum absolute atomic E-state index is 0.0615. The SMILES string of the molecule is CNC(=O)CNC(=O)c1ccc(CNC(=O)NC(C)C)cc1. The summed E-state index contributed by atoms with van der Waals surface area (Å²) in [6, 6.07) is 6.65. The number of hydrogen-bond donors (Lipinski definition) is 4. The van der Waals surface area contributed by atoms with Gasteiger partial charge >= 0.3 is 6.03 Å². The first-order valence-electron chi connectivity index (χ1n) is 7.04. The predicted octanol–water partition coefficient (Wildman–Crippen LogP) is 0.370. The third-order valence-electron chi connectivity index (χ3n) is 2.78. The largest absolute Gasteiger partial charge is 0.358 e. The molecule has 0 radical (unpaired) electrons. The molecule has 1 rings (SSSR count). The smallest absolute Gasteiger partial charge is 0.315 e. The number of rotatable bonds is 6. The van der Waals surface area contributed by atoms with Gasteiger partial charge in [0.15, 0.2) is 0 Å². The fraction of sp³-hybridized carbons (Fsp3) is 0.400. The minimum atomic E-state index is -0.319. The normalized spacial score (nSPS) is 10.0. The van der Waals surface area contributed by atoms with Crippen molar-refractivity contribution in [1.82, 2.24) is 21.3 Å². The van der Waals surface area contributed by atoms with Crippen LogP contribution in [0.1, 0.15) is 29.8 Å². The highest BCUT2D eigenvalue weighted by Gasteiger charge is 2.07. The highest BCUT2D eigenvalue weighted by molar-refractivity contribution is 5.96. The second kappa shape index (κ2) is 8.66. The van der Waals surface area contributed by atoms with Gasteiger partial charge in [0.05, 0.1) is 6.54 Å². The van der Waals surface area contributed by atoms with Crippen LogP contribution < -0.4 is 21.3 Å². The molecule has 0 aromatic heterocycles. The molecule has 1 aromatic rings. The van der Waals surface area contributed by atoms with Crippen LogP contribution in [0, 0.1) is 0 Å². The monoisotopic (exact) mass is 306 g/mol. The Morgan fingerprint density at radius 3 is 2.23 bits per heavy atom. The van der Waals surface area contributed by atoms with E-state index < -0.39 is 0 Å². The molecule has 4 amide bonds. The van der Waals surface area contributed by atoms with E-state index in [0.29, 0.717) is 12.1 Å². The molecule has 0 heterocycles. The van der Waals surface area contributed by atoms with Crippen molar-refractivity contribution in [2.75, 3.05) is 13.6 Å². The van der Waals surface area contributed by atoms with Crippen LogP contribution in [0.15, 0.2) is 24.3 Å². The first-order valence-corrected chi connectivity index (χ1v) is 7.04. The minimum Gasteiger partial charge on any atom is -0.358 e. The van der Waals surface area contributed by atoms with E-state index in [1.807, 2.05) is 13.8 Å². The lowest BCUT2D eigenvalue weighted by Crippen LogP contribution is -2.39. The molecule has 0 unspecified atom stereocenters. The maximum Gasteiger partial charge on any atom is 0.315 e. The van der Waals surface area contributed by atoms with Crippen molar-refractivity contribution in [1.29, 1.82) is 0 Å². The second-order valence-electron chi connectivity index (χ2n) is 5.03. The lowest BCUT2D eigenvalue weighted by atomic mass is 10.1. The van der Waals surface area contributed by atoms with E-state index >= 15 is 0 Å². The standard InChI is InChI=1S/C15H22N4O3/c1-10(2)19-15(22)18-8-11-4-6-12(7-5-11)14(21)17-9-13(20)16-3/h4-7,10H,8-9H2,1-3H3,(H,16,20)(H,17,21)(H2,18,19,22). The molecule has 1 aromatic carbocycles. The zero-order valence-electron chi connectivity index (χ0n) is 13.0. The van der Waals surface area contributed by atoms with Crippen LogP contribution in [0.2, 0.25) is 0 Å². The van der Waals surface area contributed by atoms with Crippen molar-refractivity contribution >= 4 is 17.8 Å². The van der Waals surface area contributed by atoms with E-state index in [-0.39, 0.29) is 30.4 Å². The highest BCUT2D eigenvalue weighted by atomic mass is 16.2. The van der Waals surface area contributed by atoms with Gasteiger partial charge < -0.3 is 21.3 Å². The Hall–Kier alpha value is -2.57. The lowest BCUT2D eigenvalue weighted by Gasteiger charge is -2.10. The molecular weight excluding hydrogens is 284 g/mol. The van der Waals surface area contributed by atoms with Crippen molar-refractivity contribution < 1.29 is 14.4 Å². The van der Waals surface area contributed by atoms with E-state index in [1.54, 1.807) is 24.3 Å². The Labute approximate surface area is 129 Å². The Balaban J connectivity index is 2.47. The second-order valence-corrected chi connectivity index (χ2v) is 5.03. The third-order valence-corrected chi connectivity index (χ3v) is 2.78. The average Bonchev–Trinajstić information content (AvgIpc) is 2.50. The summed E-state index contributed by atoms with van der Waals surface area (Å²) in [6.45, 7) is 4.07. The fourth-order valence-corrected chi connectivity index (χ4v) is 1.62. The Bertz CT molecular complexity index is 526. The molecule has 4 N–H and O–H groups in total. The molecule has 0 atom stereocenters. The van der Waals surface area contributed by atoms with Gasteiger partial charge in [-0.15, -0.1) is 0 Å². The summed E-state index contributed by atoms with van der Waals surface area (Å²) in [7, 11) is 1.51. The topological polar surface area (TPSA) is 99.3 Å². The molecule has 0 aliphatic rings. The predicted molar refractivity (Wildman–Crippen MR) is 83.3 cm³/mol. The summed E-state index contributed by atoms with van der Waals surface area (Å²) >= 11 is 0. The van der Waals surface area contributed by atoms with Gasteiger partial charge in [0.1, 0.15) is 0 Å². The summed E-state index contributed by atoms with van der Waals surface area (Å²) < 4.78 is 0. The molecule has 0 spiro atoms. The molecule has 0 saturated carbocycles. The highest BCUT2D eigenvalue weighted by Crippen LogP contribution is 2.04. The molecule has 0 fully saturated rings. The van der Waals surface area contributed by atoms with Crippen LogP contribution in [0.25, 0.3) is 0 Å². The van der Waals surface area contributed by atoms with Crippen molar-refractivity contribution in [3.05, 3.63) is 35.4 Å². The maximum atomic E-state index is 11.8. The van der Waals surface area contributed by atoms with Crippen molar-refractivity contribution in [2.24, 2.45) is 0 Å². The van der Waals surface area contributed by atoms with Crippen LogP contribution in [-0.2, 0) is 11.3 Å². The molecule has 0 saturated heterocycles. The Morgan fingerprint density at radius 2 is 1.68 bits per heavy atom. The maximum absolute atomic E-state index is 11.8. The van der Waals surface area contributed by atoms with Crippen molar-refractivity contribution in [3.8, 4) is 0 Å². The number of nitrogens with one attached hydrogen (secondary N) is 4. The van der Waals surface area contributed by atoms with Crippen LogP contribution in [-0.4, -0.2) is 37.5 Å². The first kappa shape index (κ1) is 17.5. The zero-order chi connectivity index (χ0) is 16.5. The van der Waals surface area contributed by atoms with Gasteiger partial charge in [-0.05, 0) is 31.5 Å². The number of amides is 4. The average molecular weight is 306 g/mol. The van der Waals surface area contributed by atoms with E-state index in [2.05, 4.69) is 21.3 Å². The van der Waals surface area contributed by atoms with Gasteiger partial charge in [0.2, 0.25) is 5.91 Å². The molecular formula is C15H22N4O3. The number of likely N-dealkylation sites (N-methyl/N-ethyl adjacent to an activating group) is 1. The van der Waals surface area contributed by atoms with Crippen LogP contribution in [0.4, 0.5) is 4.79 Å². The van der Waals surface area contributed by atoms with Crippen molar-refractivity contribution in [2.45, 2.75) is 26.4 Å². The lowest BCUT2D eigenvalue weighted by molar-refractivity contribution is -0.119. The molecule has 0 aliphatic carbocycles. The quantitative estimate of drug-likeness (QED) is 0.611. The van der Waals surface area contributed by atoms with Gasteiger partial charge in [0.25, 0.3) is 5.91 Å². The van der Waals surface area contributed by atoms with Crippen LogP contribution in [0.3, 0.4) is 0 Å². The third kappa shape index (κ3) is 6.25. The number of carbonyl (C=O) groups excluding carboxylic acids is 3. The summed E-state index contributed by atoms with van der Waals surface area (Å²) in [6.07, 6.45) is 0. The Morgan fingerprint density at radius 1 is 1.05 bits per heavy atom. The zero-order valence-corrected chi connectivity index (χ0v) is 13.0. The van der Waals surface area contributed by atoms with E-state index in [0.717, 1.165) is 5.56 Å². The molecule has 120 valence electrons. The number of carbonyl (C=O) groups is 3. The van der Waals surface area contributed by atoms with Gasteiger partial charge in [0, 0.05) is 25.2 Å². The van der Waals surface area contributed by atoms with Crippen LogP contribution >= 0.6 is 0 Å². The molecule has 22 heavy (non-hydrogen) atoms. The van der Waals surface area contributed by atoms with Gasteiger partial charge in [-0.1, -0.05) is 12.1 Å². The summed E-state index contributed by atoms with van der Waals surface area (Å²) in [4.78, 5) is 34.3. The van der Waals surface area contributed by atoms with Gasteiger partial charge in [-0.3, -0.25) is 9.59 Å². The molecule has 0 aliphatic heterocycles. The van der Waals surface area contributed by atoms with Crippen LogP contribution in [0.5, 0.6) is 0 Å². The number of benzene rings is 1.